The molecule has 0 aromatic carbocycles. The Morgan fingerprint density at radius 3 is 3.00 bits per heavy atom. The predicted molar refractivity (Wildman–Crippen MR) is 45.5 cm³/mol. The second kappa shape index (κ2) is 2.01. The molecular formula is C8H12N4. The summed E-state index contributed by atoms with van der Waals surface area (Å²) < 4.78 is 2.12. The van der Waals surface area contributed by atoms with Gasteiger partial charge in [0.25, 0.3) is 0 Å². The molecule has 0 saturated heterocycles. The van der Waals surface area contributed by atoms with Crippen molar-refractivity contribution in [2.24, 2.45) is 0 Å². The first kappa shape index (κ1) is 6.48. The van der Waals surface area contributed by atoms with Crippen molar-refractivity contribution in [3.05, 3.63) is 11.3 Å². The molecule has 4 nitrogen and oxygen atoms in total. The van der Waals surface area contributed by atoms with E-state index in [2.05, 4.69) is 15.1 Å². The number of nitrogens with two attached hydrogens (primary N) is 1. The summed E-state index contributed by atoms with van der Waals surface area (Å²) in [5.74, 6) is 0.724. The van der Waals surface area contributed by atoms with Gasteiger partial charge < -0.3 is 11.1 Å². The highest BCUT2D eigenvalue weighted by molar-refractivity contribution is 5.45. The molecule has 0 radical (unpaired) electrons. The lowest BCUT2D eigenvalue weighted by Crippen LogP contribution is -2.08. The monoisotopic (exact) mass is 164 g/mol. The van der Waals surface area contributed by atoms with E-state index in [1.54, 1.807) is 0 Å². The number of nitrogen functional groups attached to an aromatic ring is 1. The summed E-state index contributed by atoms with van der Waals surface area (Å²) in [6.07, 6.45) is 2.54. The minimum atomic E-state index is 0.649. The zero-order valence-electron chi connectivity index (χ0n) is 6.88. The van der Waals surface area contributed by atoms with Crippen LogP contribution in [0.2, 0.25) is 0 Å². The third-order valence-corrected chi connectivity index (χ3v) is 2.64. The molecule has 64 valence electrons. The first-order chi connectivity index (χ1) is 5.86. The number of fused-ring (bicyclic) bond motifs is 1. The lowest BCUT2D eigenvalue weighted by atomic mass is 10.3. The van der Waals surface area contributed by atoms with Crippen molar-refractivity contribution >= 4 is 5.82 Å². The summed E-state index contributed by atoms with van der Waals surface area (Å²) in [6, 6.07) is 0.649. The van der Waals surface area contributed by atoms with Crippen LogP contribution in [0.15, 0.2) is 0 Å². The Bertz CT molecular complexity index is 324. The number of hydrogen-bond donors (Lipinski definition) is 2. The lowest BCUT2D eigenvalue weighted by molar-refractivity contribution is 0.595. The van der Waals surface area contributed by atoms with Gasteiger partial charge in [0, 0.05) is 18.7 Å². The van der Waals surface area contributed by atoms with E-state index < -0.39 is 0 Å². The quantitative estimate of drug-likeness (QED) is 0.631. The molecule has 0 bridgehead atoms. The molecule has 3 rings (SSSR count). The first-order valence-corrected chi connectivity index (χ1v) is 4.42. The van der Waals surface area contributed by atoms with Crippen LogP contribution in [0.3, 0.4) is 0 Å². The van der Waals surface area contributed by atoms with Crippen molar-refractivity contribution < 1.29 is 0 Å². The second-order valence-electron chi connectivity index (χ2n) is 3.59. The maximum absolute atomic E-state index is 5.79. The minimum Gasteiger partial charge on any atom is -0.382 e. The van der Waals surface area contributed by atoms with E-state index in [-0.39, 0.29) is 0 Å². The van der Waals surface area contributed by atoms with Gasteiger partial charge in [-0.25, -0.2) is 0 Å². The van der Waals surface area contributed by atoms with Crippen LogP contribution < -0.4 is 11.1 Å². The fourth-order valence-electron chi connectivity index (χ4n) is 1.83. The molecule has 2 aliphatic rings. The van der Waals surface area contributed by atoms with Gasteiger partial charge in [0.05, 0.1) is 11.7 Å². The molecule has 0 unspecified atom stereocenters. The number of nitrogens with zero attached hydrogens (tertiary/aromatic N) is 2. The van der Waals surface area contributed by atoms with E-state index in [0.717, 1.165) is 18.9 Å². The Labute approximate surface area is 70.7 Å². The van der Waals surface area contributed by atoms with Gasteiger partial charge in [-0.15, -0.1) is 0 Å². The molecule has 12 heavy (non-hydrogen) atoms. The number of hydrogen-bond acceptors (Lipinski definition) is 3. The molecule has 1 aromatic rings. The molecule has 0 spiro atoms. The molecule has 0 amide bonds. The van der Waals surface area contributed by atoms with Crippen molar-refractivity contribution in [3.63, 3.8) is 0 Å². The van der Waals surface area contributed by atoms with E-state index in [1.807, 2.05) is 0 Å². The van der Waals surface area contributed by atoms with Crippen molar-refractivity contribution in [2.75, 3.05) is 5.73 Å². The van der Waals surface area contributed by atoms with Crippen LogP contribution >= 0.6 is 0 Å². The normalized spacial score (nSPS) is 21.3. The standard InChI is InChI=1S/C8H12N4/c9-8-6-3-10-4-7(6)12(11-8)5-1-2-5/h5,10H,1-4H2,(H2,9,11). The Hall–Kier alpha value is -1.03. The minimum absolute atomic E-state index is 0.649. The summed E-state index contributed by atoms with van der Waals surface area (Å²) in [5.41, 5.74) is 8.33. The van der Waals surface area contributed by atoms with Gasteiger partial charge in [0.1, 0.15) is 5.82 Å². The van der Waals surface area contributed by atoms with Crippen LogP contribution in [0.4, 0.5) is 5.82 Å². The van der Waals surface area contributed by atoms with Crippen LogP contribution in [-0.4, -0.2) is 9.78 Å². The topological polar surface area (TPSA) is 55.9 Å². The van der Waals surface area contributed by atoms with Gasteiger partial charge in [-0.3, -0.25) is 4.68 Å². The maximum Gasteiger partial charge on any atom is 0.150 e. The smallest absolute Gasteiger partial charge is 0.150 e. The van der Waals surface area contributed by atoms with Gasteiger partial charge in [0.2, 0.25) is 0 Å². The second-order valence-corrected chi connectivity index (χ2v) is 3.59. The van der Waals surface area contributed by atoms with Crippen LogP contribution in [0.5, 0.6) is 0 Å². The van der Waals surface area contributed by atoms with Crippen molar-refractivity contribution in [2.45, 2.75) is 32.0 Å². The highest BCUT2D eigenvalue weighted by atomic mass is 15.4. The summed E-state index contributed by atoms with van der Waals surface area (Å²) in [7, 11) is 0. The van der Waals surface area contributed by atoms with Gasteiger partial charge >= 0.3 is 0 Å². The van der Waals surface area contributed by atoms with Gasteiger partial charge in [-0.05, 0) is 12.8 Å². The van der Waals surface area contributed by atoms with E-state index >= 15 is 0 Å². The lowest BCUT2D eigenvalue weighted by Gasteiger charge is -2.00. The van der Waals surface area contributed by atoms with Crippen molar-refractivity contribution in [1.29, 1.82) is 0 Å². The zero-order valence-corrected chi connectivity index (χ0v) is 6.88. The van der Waals surface area contributed by atoms with Gasteiger partial charge in [0.15, 0.2) is 0 Å². The molecule has 1 aromatic heterocycles. The average Bonchev–Trinajstić information content (AvgIpc) is 2.68. The molecule has 3 N–H and O–H groups in total. The number of aromatic nitrogens is 2. The van der Waals surface area contributed by atoms with E-state index in [1.165, 1.54) is 24.1 Å². The fraction of sp³-hybridized carbons (Fsp3) is 0.625. The Kier molecular flexibility index (Phi) is 1.09. The number of rotatable bonds is 1. The van der Waals surface area contributed by atoms with Crippen LogP contribution in [0.25, 0.3) is 0 Å². The largest absolute Gasteiger partial charge is 0.382 e. The highest BCUT2D eigenvalue weighted by Gasteiger charge is 2.30. The summed E-state index contributed by atoms with van der Waals surface area (Å²) in [4.78, 5) is 0. The third kappa shape index (κ3) is 0.728. The molecule has 1 saturated carbocycles. The molecule has 1 aliphatic heterocycles. The first-order valence-electron chi connectivity index (χ1n) is 4.42. The van der Waals surface area contributed by atoms with E-state index in [4.69, 9.17) is 5.73 Å². The molecular weight excluding hydrogens is 152 g/mol. The predicted octanol–water partition coefficient (Wildman–Crippen LogP) is 0.403. The van der Waals surface area contributed by atoms with E-state index in [0.29, 0.717) is 6.04 Å². The Balaban J connectivity index is 2.13. The zero-order chi connectivity index (χ0) is 8.13. The molecule has 4 heteroatoms. The summed E-state index contributed by atoms with van der Waals surface area (Å²) >= 11 is 0. The van der Waals surface area contributed by atoms with Crippen LogP contribution in [-0.2, 0) is 13.1 Å². The maximum atomic E-state index is 5.79. The van der Waals surface area contributed by atoms with Crippen molar-refractivity contribution in [1.82, 2.24) is 15.1 Å². The van der Waals surface area contributed by atoms with Crippen LogP contribution in [0, 0.1) is 0 Å². The average molecular weight is 164 g/mol. The molecule has 1 aliphatic carbocycles. The molecule has 1 fully saturated rings. The molecule has 2 heterocycles. The molecule has 0 atom stereocenters. The van der Waals surface area contributed by atoms with Crippen LogP contribution in [0.1, 0.15) is 30.1 Å². The summed E-state index contributed by atoms with van der Waals surface area (Å²) in [6.45, 7) is 1.84. The SMILES string of the molecule is Nc1nn(C2CC2)c2c1CNC2. The Morgan fingerprint density at radius 2 is 2.25 bits per heavy atom. The summed E-state index contributed by atoms with van der Waals surface area (Å²) in [5, 5.41) is 7.64. The fourth-order valence-corrected chi connectivity index (χ4v) is 1.83. The van der Waals surface area contributed by atoms with Gasteiger partial charge in [-0.2, -0.15) is 5.10 Å². The number of anilines is 1. The Morgan fingerprint density at radius 1 is 1.42 bits per heavy atom. The van der Waals surface area contributed by atoms with E-state index in [9.17, 15) is 0 Å². The third-order valence-electron chi connectivity index (χ3n) is 2.64. The van der Waals surface area contributed by atoms with Crippen molar-refractivity contribution in [3.8, 4) is 0 Å². The highest BCUT2D eigenvalue weighted by Crippen LogP contribution is 2.38. The van der Waals surface area contributed by atoms with Gasteiger partial charge in [-0.1, -0.05) is 0 Å². The number of nitrogens with one attached hydrogen (secondary N) is 1.